The average Bonchev–Trinajstić information content (AvgIpc) is 3.29. The van der Waals surface area contributed by atoms with Crippen LogP contribution in [0.1, 0.15) is 55.7 Å². The van der Waals surface area contributed by atoms with Crippen molar-refractivity contribution in [3.8, 4) is 11.1 Å². The molecular weight excluding hydrogens is 388 g/mol. The van der Waals surface area contributed by atoms with Crippen molar-refractivity contribution in [2.75, 3.05) is 0 Å². The molecule has 2 nitrogen and oxygen atoms in total. The lowest BCUT2D eigenvalue weighted by atomic mass is 9.73. The summed E-state index contributed by atoms with van der Waals surface area (Å²) in [5.74, 6) is 1.88. The second-order valence-electron chi connectivity index (χ2n) is 8.64. The number of hydrogen-bond donors (Lipinski definition) is 1. The molecule has 2 aromatic carbocycles. The Hall–Kier alpha value is -2.58. The largest absolute Gasteiger partial charge is 0.364 e. The number of para-hydroxylation sites is 1. The normalized spacial score (nSPS) is 20.3. The third-order valence-corrected chi connectivity index (χ3v) is 7.31. The van der Waals surface area contributed by atoms with Crippen LogP contribution in [0, 0.1) is 5.92 Å². The minimum Gasteiger partial charge on any atom is -0.364 e. The molecule has 4 aromatic rings. The molecule has 1 aliphatic rings. The summed E-state index contributed by atoms with van der Waals surface area (Å²) >= 11 is 6.39. The van der Waals surface area contributed by atoms with E-state index in [2.05, 4.69) is 65.6 Å². The van der Waals surface area contributed by atoms with E-state index in [1.165, 1.54) is 47.9 Å². The van der Waals surface area contributed by atoms with Crippen LogP contribution in [-0.4, -0.2) is 9.97 Å². The molecule has 0 amide bonds. The molecule has 0 radical (unpaired) electrons. The van der Waals surface area contributed by atoms with Gasteiger partial charge in [-0.15, -0.1) is 0 Å². The van der Waals surface area contributed by atoms with Gasteiger partial charge < -0.3 is 4.98 Å². The van der Waals surface area contributed by atoms with E-state index in [9.17, 15) is 0 Å². The van der Waals surface area contributed by atoms with Gasteiger partial charge in [0.2, 0.25) is 0 Å². The Morgan fingerprint density at radius 3 is 2.57 bits per heavy atom. The second kappa shape index (κ2) is 8.28. The zero-order chi connectivity index (χ0) is 20.5. The highest BCUT2D eigenvalue weighted by molar-refractivity contribution is 6.33. The van der Waals surface area contributed by atoms with Crippen LogP contribution in [0.5, 0.6) is 0 Å². The maximum atomic E-state index is 6.39. The smallest absolute Gasteiger partial charge is 0.0704 e. The maximum Gasteiger partial charge on any atom is 0.0704 e. The lowest BCUT2D eigenvalue weighted by Crippen LogP contribution is -2.18. The monoisotopic (exact) mass is 414 g/mol. The number of aromatic nitrogens is 2. The van der Waals surface area contributed by atoms with Crippen LogP contribution in [0.2, 0.25) is 5.02 Å². The number of hydrogen-bond acceptors (Lipinski definition) is 1. The minimum absolute atomic E-state index is 0.524. The number of fused-ring (bicyclic) bond motifs is 1. The molecule has 0 aliphatic heterocycles. The molecule has 0 bridgehead atoms. The van der Waals surface area contributed by atoms with Crippen molar-refractivity contribution < 1.29 is 0 Å². The number of benzene rings is 2. The van der Waals surface area contributed by atoms with Crippen molar-refractivity contribution in [1.29, 1.82) is 0 Å². The Morgan fingerprint density at radius 1 is 0.967 bits per heavy atom. The summed E-state index contributed by atoms with van der Waals surface area (Å²) in [6.07, 6.45) is 9.11. The first-order valence-electron chi connectivity index (χ1n) is 11.0. The van der Waals surface area contributed by atoms with E-state index in [1.54, 1.807) is 0 Å². The fraction of sp³-hybridized carbons (Fsp3) is 0.296. The summed E-state index contributed by atoms with van der Waals surface area (Å²) in [5, 5.41) is 2.13. The van der Waals surface area contributed by atoms with Crippen molar-refractivity contribution >= 4 is 22.5 Å². The summed E-state index contributed by atoms with van der Waals surface area (Å²) in [7, 11) is 0. The molecule has 5 rings (SSSR count). The zero-order valence-electron chi connectivity index (χ0n) is 17.3. The first-order chi connectivity index (χ1) is 14.7. The third-order valence-electron chi connectivity index (χ3n) is 6.98. The number of H-pyrrole nitrogens is 1. The Bertz CT molecular complexity index is 1150. The number of pyridine rings is 1. The zero-order valence-corrected chi connectivity index (χ0v) is 18.1. The van der Waals surface area contributed by atoms with Gasteiger partial charge in [0, 0.05) is 39.6 Å². The highest BCUT2D eigenvalue weighted by Gasteiger charge is 2.28. The Morgan fingerprint density at radius 2 is 1.73 bits per heavy atom. The van der Waals surface area contributed by atoms with E-state index in [1.807, 2.05) is 24.4 Å². The predicted octanol–water partition coefficient (Wildman–Crippen LogP) is 7.96. The molecule has 1 N–H and O–H groups in total. The van der Waals surface area contributed by atoms with Gasteiger partial charge in [0.1, 0.15) is 0 Å². The number of nitrogens with zero attached hydrogens (tertiary/aromatic N) is 1. The van der Waals surface area contributed by atoms with Crippen LogP contribution in [0.25, 0.3) is 22.0 Å². The highest BCUT2D eigenvalue weighted by atomic mass is 35.5. The number of rotatable bonds is 4. The van der Waals surface area contributed by atoms with Crippen molar-refractivity contribution in [2.45, 2.75) is 44.4 Å². The number of halogens is 1. The summed E-state index contributed by atoms with van der Waals surface area (Å²) in [4.78, 5) is 8.07. The number of aromatic amines is 1. The van der Waals surface area contributed by atoms with Crippen LogP contribution < -0.4 is 0 Å². The lowest BCUT2D eigenvalue weighted by molar-refractivity contribution is 0.289. The van der Waals surface area contributed by atoms with E-state index < -0.39 is 0 Å². The van der Waals surface area contributed by atoms with Crippen LogP contribution in [0.3, 0.4) is 0 Å². The lowest BCUT2D eigenvalue weighted by Gasteiger charge is -2.32. The van der Waals surface area contributed by atoms with Gasteiger partial charge in [0.15, 0.2) is 0 Å². The first-order valence-corrected chi connectivity index (χ1v) is 11.4. The SMILES string of the molecule is C[C@@H](c1cc(-c2ccccc2Cl)c[nH]1)C1CCC(c2ccnc3ccccc23)CC1. The van der Waals surface area contributed by atoms with E-state index in [0.29, 0.717) is 17.8 Å². The van der Waals surface area contributed by atoms with E-state index in [0.717, 1.165) is 16.1 Å². The Balaban J connectivity index is 1.29. The Kier molecular flexibility index (Phi) is 5.35. The highest BCUT2D eigenvalue weighted by Crippen LogP contribution is 2.43. The van der Waals surface area contributed by atoms with Gasteiger partial charge >= 0.3 is 0 Å². The molecular formula is C27H27ClN2. The van der Waals surface area contributed by atoms with Gasteiger partial charge in [0.05, 0.1) is 5.52 Å². The molecule has 2 heterocycles. The average molecular weight is 415 g/mol. The summed E-state index contributed by atoms with van der Waals surface area (Å²) in [5.41, 5.74) is 6.20. The molecule has 30 heavy (non-hydrogen) atoms. The predicted molar refractivity (Wildman–Crippen MR) is 126 cm³/mol. The molecule has 0 unspecified atom stereocenters. The van der Waals surface area contributed by atoms with E-state index in [4.69, 9.17) is 11.6 Å². The fourth-order valence-corrected chi connectivity index (χ4v) is 5.43. The molecule has 152 valence electrons. The van der Waals surface area contributed by atoms with Crippen LogP contribution in [0.15, 0.2) is 73.1 Å². The fourth-order valence-electron chi connectivity index (χ4n) is 5.18. The molecule has 1 saturated carbocycles. The van der Waals surface area contributed by atoms with Crippen LogP contribution >= 0.6 is 11.6 Å². The first kappa shape index (κ1) is 19.4. The van der Waals surface area contributed by atoms with Gasteiger partial charge in [-0.2, -0.15) is 0 Å². The minimum atomic E-state index is 0.524. The van der Waals surface area contributed by atoms with Gasteiger partial charge in [-0.3, -0.25) is 4.98 Å². The summed E-state index contributed by atoms with van der Waals surface area (Å²) in [6, 6.07) is 21.1. The molecule has 0 saturated heterocycles. The molecule has 1 atom stereocenters. The van der Waals surface area contributed by atoms with Gasteiger partial charge in [0.25, 0.3) is 0 Å². The molecule has 1 aliphatic carbocycles. The topological polar surface area (TPSA) is 28.7 Å². The maximum absolute atomic E-state index is 6.39. The van der Waals surface area contributed by atoms with Gasteiger partial charge in [-0.25, -0.2) is 0 Å². The number of nitrogens with one attached hydrogen (secondary N) is 1. The quantitative estimate of drug-likeness (QED) is 0.360. The van der Waals surface area contributed by atoms with E-state index >= 15 is 0 Å². The van der Waals surface area contributed by atoms with Crippen molar-refractivity contribution in [3.05, 3.63) is 89.3 Å². The summed E-state index contributed by atoms with van der Waals surface area (Å²) in [6.45, 7) is 2.37. The molecule has 2 aromatic heterocycles. The van der Waals surface area contributed by atoms with Crippen molar-refractivity contribution in [1.82, 2.24) is 9.97 Å². The van der Waals surface area contributed by atoms with Gasteiger partial charge in [-0.05, 0) is 73.3 Å². The van der Waals surface area contributed by atoms with Crippen molar-refractivity contribution in [2.24, 2.45) is 5.92 Å². The van der Waals surface area contributed by atoms with Crippen LogP contribution in [-0.2, 0) is 0 Å². The van der Waals surface area contributed by atoms with Crippen LogP contribution in [0.4, 0.5) is 0 Å². The second-order valence-corrected chi connectivity index (χ2v) is 9.05. The van der Waals surface area contributed by atoms with E-state index in [-0.39, 0.29) is 0 Å². The molecule has 0 spiro atoms. The molecule has 1 fully saturated rings. The standard InChI is InChI=1S/C27H27ClN2/c1-18(27-16-21(17-30-27)23-6-2-4-8-25(23)28)19-10-12-20(13-11-19)22-14-15-29-26-9-5-3-7-24(22)26/h2-9,14-20,30H,10-13H2,1H3/t18-,19?,20?/m1/s1. The van der Waals surface area contributed by atoms with Gasteiger partial charge in [-0.1, -0.05) is 54.9 Å². The van der Waals surface area contributed by atoms with Crippen molar-refractivity contribution in [3.63, 3.8) is 0 Å². The third kappa shape index (κ3) is 3.65. The molecule has 3 heteroatoms. The summed E-state index contributed by atoms with van der Waals surface area (Å²) < 4.78 is 0. The Labute approximate surface area is 183 Å².